The fraction of sp³-hybridized carbons (Fsp3) is 0.154. The van der Waals surface area contributed by atoms with Crippen LogP contribution in [0.25, 0.3) is 0 Å². The largest absolute Gasteiger partial charge is 0.503 e. The van der Waals surface area contributed by atoms with Crippen molar-refractivity contribution < 1.29 is 14.7 Å². The van der Waals surface area contributed by atoms with E-state index in [0.717, 1.165) is 11.1 Å². The van der Waals surface area contributed by atoms with Crippen LogP contribution in [-0.4, -0.2) is 16.8 Å². The number of aliphatic hydroxyl groups is 1. The van der Waals surface area contributed by atoms with E-state index < -0.39 is 17.7 Å². The Labute approximate surface area is 196 Å². The number of rotatable bonds is 6. The Morgan fingerprint density at radius 2 is 1.72 bits per heavy atom. The molecule has 1 aliphatic heterocycles. The van der Waals surface area contributed by atoms with Gasteiger partial charge in [-0.15, -0.1) is 0 Å². The zero-order valence-electron chi connectivity index (χ0n) is 17.4. The summed E-state index contributed by atoms with van der Waals surface area (Å²) in [4.78, 5) is 27.9. The summed E-state index contributed by atoms with van der Waals surface area (Å²) in [6.45, 7) is 1.91. The third kappa shape index (κ3) is 4.29. The quantitative estimate of drug-likeness (QED) is 0.457. The second kappa shape index (κ2) is 9.19. The van der Waals surface area contributed by atoms with Gasteiger partial charge < -0.3 is 5.11 Å². The van der Waals surface area contributed by atoms with Gasteiger partial charge in [-0.05, 0) is 54.3 Å². The summed E-state index contributed by atoms with van der Waals surface area (Å²) in [5.41, 5.74) is 3.22. The molecule has 0 fully saturated rings. The Bertz CT molecular complexity index is 1220. The molecule has 162 valence electrons. The molecule has 0 aromatic heterocycles. The first kappa shape index (κ1) is 22.1. The van der Waals surface area contributed by atoms with Crippen LogP contribution in [0.1, 0.15) is 29.2 Å². The lowest BCUT2D eigenvalue weighted by molar-refractivity contribution is -0.118. The van der Waals surface area contributed by atoms with Gasteiger partial charge in [0.2, 0.25) is 0 Å². The van der Waals surface area contributed by atoms with Crippen molar-refractivity contribution in [2.45, 2.75) is 25.8 Å². The summed E-state index contributed by atoms with van der Waals surface area (Å²) in [6, 6.07) is 21.2. The molecule has 0 saturated carbocycles. The van der Waals surface area contributed by atoms with Crippen LogP contribution in [0.15, 0.2) is 84.1 Å². The van der Waals surface area contributed by atoms with E-state index in [1.165, 1.54) is 4.90 Å². The van der Waals surface area contributed by atoms with E-state index in [2.05, 4.69) is 0 Å². The number of halogens is 2. The molecular weight excluding hydrogens is 445 g/mol. The van der Waals surface area contributed by atoms with Crippen LogP contribution in [0.4, 0.5) is 5.69 Å². The Morgan fingerprint density at radius 1 is 0.969 bits per heavy atom. The number of Topliss-reactive ketones (excluding diaryl/α,β-unsaturated/α-hetero) is 1. The van der Waals surface area contributed by atoms with Gasteiger partial charge in [-0.1, -0.05) is 71.7 Å². The third-order valence-electron chi connectivity index (χ3n) is 5.53. The molecular formula is C26H21Cl2NO3. The molecule has 1 amide bonds. The number of carbonyl (C=O) groups excluding carboxylic acids is 2. The van der Waals surface area contributed by atoms with E-state index >= 15 is 0 Å². The minimum Gasteiger partial charge on any atom is -0.503 e. The maximum absolute atomic E-state index is 13.3. The maximum atomic E-state index is 13.3. The predicted octanol–water partition coefficient (Wildman–Crippen LogP) is 6.40. The summed E-state index contributed by atoms with van der Waals surface area (Å²) in [5.74, 6) is -1.43. The minimum absolute atomic E-state index is 0.0748. The van der Waals surface area contributed by atoms with E-state index in [0.29, 0.717) is 27.7 Å². The van der Waals surface area contributed by atoms with Gasteiger partial charge in [-0.3, -0.25) is 14.5 Å². The second-order valence-corrected chi connectivity index (χ2v) is 8.58. The fourth-order valence-corrected chi connectivity index (χ4v) is 4.28. The lowest BCUT2D eigenvalue weighted by Gasteiger charge is -2.27. The monoisotopic (exact) mass is 465 g/mol. The molecule has 1 N–H and O–H groups in total. The molecule has 4 nitrogen and oxygen atoms in total. The van der Waals surface area contributed by atoms with Crippen LogP contribution in [0.5, 0.6) is 0 Å². The van der Waals surface area contributed by atoms with Gasteiger partial charge in [0.25, 0.3) is 5.91 Å². The molecule has 0 radical (unpaired) electrons. The van der Waals surface area contributed by atoms with E-state index in [-0.39, 0.29) is 17.8 Å². The van der Waals surface area contributed by atoms with E-state index in [1.807, 2.05) is 55.5 Å². The highest BCUT2D eigenvalue weighted by Gasteiger charge is 2.44. The highest BCUT2D eigenvalue weighted by Crippen LogP contribution is 2.42. The van der Waals surface area contributed by atoms with Crippen LogP contribution in [0.3, 0.4) is 0 Å². The van der Waals surface area contributed by atoms with Crippen molar-refractivity contribution in [1.82, 2.24) is 0 Å². The van der Waals surface area contributed by atoms with Gasteiger partial charge in [0.05, 0.1) is 21.7 Å². The van der Waals surface area contributed by atoms with Crippen molar-refractivity contribution in [2.75, 3.05) is 4.90 Å². The molecule has 0 spiro atoms. The Balaban J connectivity index is 1.76. The minimum atomic E-state index is -0.803. The molecule has 0 bridgehead atoms. The number of benzene rings is 3. The summed E-state index contributed by atoms with van der Waals surface area (Å²) < 4.78 is 0. The fourth-order valence-electron chi connectivity index (χ4n) is 3.97. The summed E-state index contributed by atoms with van der Waals surface area (Å²) >= 11 is 12.3. The number of ketones is 1. The summed E-state index contributed by atoms with van der Waals surface area (Å²) in [7, 11) is 0. The number of amides is 1. The van der Waals surface area contributed by atoms with E-state index in [1.54, 1.807) is 24.3 Å². The van der Waals surface area contributed by atoms with Crippen LogP contribution in [0, 0.1) is 6.92 Å². The van der Waals surface area contributed by atoms with Crippen LogP contribution in [-0.2, 0) is 16.0 Å². The Morgan fingerprint density at radius 3 is 2.41 bits per heavy atom. The first-order valence-corrected chi connectivity index (χ1v) is 11.0. The van der Waals surface area contributed by atoms with Gasteiger partial charge in [-0.25, -0.2) is 0 Å². The molecule has 0 aliphatic carbocycles. The Kier molecular flexibility index (Phi) is 6.35. The average Bonchev–Trinajstić information content (AvgIpc) is 3.05. The van der Waals surface area contributed by atoms with Crippen molar-refractivity contribution in [3.05, 3.63) is 111 Å². The molecule has 32 heavy (non-hydrogen) atoms. The number of hydrogen-bond donors (Lipinski definition) is 1. The van der Waals surface area contributed by atoms with Gasteiger partial charge in [0.1, 0.15) is 0 Å². The van der Waals surface area contributed by atoms with Crippen LogP contribution >= 0.6 is 23.2 Å². The molecule has 4 rings (SSSR count). The molecule has 1 aliphatic rings. The lowest BCUT2D eigenvalue weighted by atomic mass is 9.93. The van der Waals surface area contributed by atoms with Crippen molar-refractivity contribution in [3.8, 4) is 0 Å². The van der Waals surface area contributed by atoms with Crippen LogP contribution < -0.4 is 4.90 Å². The normalized spacial score (nSPS) is 16.0. The standard InChI is InChI=1S/C26H21Cl2NO3/c1-16-6-5-9-19(14-16)29-24(18-11-12-20(27)21(28)15-18)23(25(31)26(29)32)22(30)13-10-17-7-3-2-4-8-17/h2-9,11-12,14-15,24,31H,10,13H2,1H3. The molecule has 6 heteroatoms. The van der Waals surface area contributed by atoms with Gasteiger partial charge in [0, 0.05) is 12.1 Å². The SMILES string of the molecule is Cc1cccc(N2C(=O)C(O)=C(C(=O)CCc3ccccc3)C2c2ccc(Cl)c(Cl)c2)c1. The first-order valence-electron chi connectivity index (χ1n) is 10.2. The van der Waals surface area contributed by atoms with Crippen molar-refractivity contribution >= 4 is 40.6 Å². The molecule has 0 saturated heterocycles. The van der Waals surface area contributed by atoms with Crippen molar-refractivity contribution in [3.63, 3.8) is 0 Å². The topological polar surface area (TPSA) is 57.6 Å². The number of anilines is 1. The second-order valence-electron chi connectivity index (χ2n) is 7.76. The zero-order chi connectivity index (χ0) is 22.8. The first-order chi connectivity index (χ1) is 15.4. The van der Waals surface area contributed by atoms with Gasteiger partial charge in [0.15, 0.2) is 11.5 Å². The smallest absolute Gasteiger partial charge is 0.294 e. The molecule has 3 aromatic rings. The van der Waals surface area contributed by atoms with Crippen LogP contribution in [0.2, 0.25) is 10.0 Å². The average molecular weight is 466 g/mol. The highest BCUT2D eigenvalue weighted by molar-refractivity contribution is 6.42. The predicted molar refractivity (Wildman–Crippen MR) is 127 cm³/mol. The van der Waals surface area contributed by atoms with E-state index in [9.17, 15) is 14.7 Å². The molecule has 1 unspecified atom stereocenters. The van der Waals surface area contributed by atoms with E-state index in [4.69, 9.17) is 23.2 Å². The number of aryl methyl sites for hydroxylation is 2. The van der Waals surface area contributed by atoms with Gasteiger partial charge in [-0.2, -0.15) is 0 Å². The third-order valence-corrected chi connectivity index (χ3v) is 6.27. The zero-order valence-corrected chi connectivity index (χ0v) is 18.9. The van der Waals surface area contributed by atoms with Crippen molar-refractivity contribution in [2.24, 2.45) is 0 Å². The number of aliphatic hydroxyl groups excluding tert-OH is 1. The number of carbonyl (C=O) groups is 2. The molecule has 3 aromatic carbocycles. The molecule has 1 atom stereocenters. The lowest BCUT2D eigenvalue weighted by Crippen LogP contribution is -2.31. The van der Waals surface area contributed by atoms with Crippen molar-refractivity contribution in [1.29, 1.82) is 0 Å². The highest BCUT2D eigenvalue weighted by atomic mass is 35.5. The number of nitrogens with zero attached hydrogens (tertiary/aromatic N) is 1. The summed E-state index contributed by atoms with van der Waals surface area (Å²) in [6.07, 6.45) is 0.666. The summed E-state index contributed by atoms with van der Waals surface area (Å²) in [5, 5.41) is 11.5. The number of hydrogen-bond acceptors (Lipinski definition) is 3. The maximum Gasteiger partial charge on any atom is 0.294 e. The molecule has 1 heterocycles. The Hall–Kier alpha value is -3.08. The van der Waals surface area contributed by atoms with Gasteiger partial charge >= 0.3 is 0 Å².